The fraction of sp³-hybridized carbons (Fsp3) is 0.286. The van der Waals surface area contributed by atoms with Gasteiger partial charge in [0.1, 0.15) is 12.6 Å². The van der Waals surface area contributed by atoms with Gasteiger partial charge in [0.15, 0.2) is 0 Å². The summed E-state index contributed by atoms with van der Waals surface area (Å²) in [5.74, 6) is -0.783. The number of nitrogens with zero attached hydrogens (tertiary/aromatic N) is 2. The smallest absolute Gasteiger partial charge is 0.264 e. The van der Waals surface area contributed by atoms with Crippen molar-refractivity contribution in [3.05, 3.63) is 94.0 Å². The van der Waals surface area contributed by atoms with Gasteiger partial charge in [-0.05, 0) is 61.7 Å². The second-order valence-corrected chi connectivity index (χ2v) is 11.6. The summed E-state index contributed by atoms with van der Waals surface area (Å²) >= 11 is 3.40. The average Bonchev–Trinajstić information content (AvgIpc) is 2.88. The minimum Gasteiger partial charge on any atom is -0.357 e. The number of anilines is 1. The number of sulfonamides is 1. The molecule has 3 rings (SSSR count). The molecule has 0 aliphatic carbocycles. The highest BCUT2D eigenvalue weighted by atomic mass is 79.9. The number of hydrogen-bond acceptors (Lipinski definition) is 4. The van der Waals surface area contributed by atoms with E-state index < -0.39 is 28.5 Å². The number of carbonyl (C=O) groups excluding carboxylic acids is 2. The lowest BCUT2D eigenvalue weighted by molar-refractivity contribution is -0.140. The number of carbonyl (C=O) groups is 2. The van der Waals surface area contributed by atoms with E-state index in [9.17, 15) is 18.0 Å². The third kappa shape index (κ3) is 6.78. The lowest BCUT2D eigenvalue weighted by Gasteiger charge is -2.33. The number of likely N-dealkylation sites (N-methyl/N-ethyl adjacent to an activating group) is 1. The molecule has 0 unspecified atom stereocenters. The molecule has 0 fully saturated rings. The molecule has 0 saturated carbocycles. The average molecular weight is 587 g/mol. The van der Waals surface area contributed by atoms with E-state index in [2.05, 4.69) is 21.2 Å². The van der Waals surface area contributed by atoms with Gasteiger partial charge in [0.2, 0.25) is 11.8 Å². The Bertz CT molecular complexity index is 1360. The first-order valence-electron chi connectivity index (χ1n) is 12.0. The minimum atomic E-state index is -4.09. The van der Waals surface area contributed by atoms with Crippen molar-refractivity contribution in [3.8, 4) is 0 Å². The van der Waals surface area contributed by atoms with Gasteiger partial charge in [0.25, 0.3) is 10.0 Å². The molecule has 9 heteroatoms. The van der Waals surface area contributed by atoms with E-state index in [1.165, 1.54) is 24.1 Å². The molecule has 0 bridgehead atoms. The molecule has 0 heterocycles. The number of halogens is 1. The third-order valence-electron chi connectivity index (χ3n) is 6.22. The van der Waals surface area contributed by atoms with Crippen LogP contribution >= 0.6 is 15.9 Å². The largest absolute Gasteiger partial charge is 0.357 e. The van der Waals surface area contributed by atoms with Gasteiger partial charge in [-0.15, -0.1) is 0 Å². The fourth-order valence-electron chi connectivity index (χ4n) is 4.05. The molecule has 0 aromatic heterocycles. The van der Waals surface area contributed by atoms with Crippen molar-refractivity contribution < 1.29 is 18.0 Å². The molecule has 0 aliphatic heterocycles. The second kappa shape index (κ2) is 12.4. The Balaban J connectivity index is 2.07. The van der Waals surface area contributed by atoms with Crippen LogP contribution in [0.1, 0.15) is 30.0 Å². The van der Waals surface area contributed by atoms with Crippen molar-refractivity contribution >= 4 is 43.5 Å². The van der Waals surface area contributed by atoms with Gasteiger partial charge in [0, 0.05) is 18.1 Å². The number of amides is 2. The van der Waals surface area contributed by atoms with E-state index in [0.29, 0.717) is 16.6 Å². The third-order valence-corrected chi connectivity index (χ3v) is 8.50. The maximum atomic E-state index is 13.9. The zero-order valence-corrected chi connectivity index (χ0v) is 23.8. The molecule has 0 aliphatic rings. The van der Waals surface area contributed by atoms with E-state index in [1.807, 2.05) is 45.0 Å². The molecule has 0 radical (unpaired) electrons. The molecule has 0 saturated heterocycles. The first kappa shape index (κ1) is 28.4. The Morgan fingerprint density at radius 3 is 2.24 bits per heavy atom. The van der Waals surface area contributed by atoms with E-state index in [4.69, 9.17) is 0 Å². The molecular weight excluding hydrogens is 554 g/mol. The van der Waals surface area contributed by atoms with Crippen LogP contribution in [0.4, 0.5) is 5.69 Å². The van der Waals surface area contributed by atoms with E-state index in [-0.39, 0.29) is 17.3 Å². The summed E-state index contributed by atoms with van der Waals surface area (Å²) in [4.78, 5) is 28.2. The molecule has 3 aromatic carbocycles. The normalized spacial score (nSPS) is 12.0. The minimum absolute atomic E-state index is 0.0784. The Morgan fingerprint density at radius 1 is 0.973 bits per heavy atom. The highest BCUT2D eigenvalue weighted by Gasteiger charge is 2.33. The van der Waals surface area contributed by atoms with Gasteiger partial charge in [-0.3, -0.25) is 13.9 Å². The van der Waals surface area contributed by atoms with Crippen molar-refractivity contribution in [2.24, 2.45) is 0 Å². The van der Waals surface area contributed by atoms with Crippen LogP contribution in [0.2, 0.25) is 0 Å². The van der Waals surface area contributed by atoms with Gasteiger partial charge in [0.05, 0.1) is 10.6 Å². The van der Waals surface area contributed by atoms with Gasteiger partial charge in [-0.2, -0.15) is 0 Å². The maximum absolute atomic E-state index is 13.9. The monoisotopic (exact) mass is 585 g/mol. The summed E-state index contributed by atoms with van der Waals surface area (Å²) in [5.41, 5.74) is 3.12. The van der Waals surface area contributed by atoms with Gasteiger partial charge in [-0.1, -0.05) is 70.9 Å². The van der Waals surface area contributed by atoms with Crippen LogP contribution in [0, 0.1) is 13.8 Å². The van der Waals surface area contributed by atoms with E-state index in [1.54, 1.807) is 36.4 Å². The Labute approximate surface area is 227 Å². The van der Waals surface area contributed by atoms with Gasteiger partial charge in [-0.25, -0.2) is 8.42 Å². The maximum Gasteiger partial charge on any atom is 0.264 e. The highest BCUT2D eigenvalue weighted by Crippen LogP contribution is 2.27. The van der Waals surface area contributed by atoms with Crippen LogP contribution in [0.15, 0.2) is 82.2 Å². The molecule has 37 heavy (non-hydrogen) atoms. The Hall–Kier alpha value is -3.17. The van der Waals surface area contributed by atoms with Gasteiger partial charge >= 0.3 is 0 Å². The number of aryl methyl sites for hydroxylation is 2. The van der Waals surface area contributed by atoms with Crippen molar-refractivity contribution in [1.29, 1.82) is 0 Å². The summed E-state index contributed by atoms with van der Waals surface area (Å²) in [5, 5.41) is 2.63. The molecule has 7 nitrogen and oxygen atoms in total. The lowest BCUT2D eigenvalue weighted by Crippen LogP contribution is -2.51. The molecular formula is C28H32BrN3O4S. The molecule has 2 amide bonds. The fourth-order valence-corrected chi connectivity index (χ4v) is 5.85. The number of rotatable bonds is 10. The predicted molar refractivity (Wildman–Crippen MR) is 150 cm³/mol. The summed E-state index contributed by atoms with van der Waals surface area (Å²) in [6.45, 7) is 5.35. The van der Waals surface area contributed by atoms with Crippen LogP contribution in [-0.2, 0) is 26.2 Å². The lowest BCUT2D eigenvalue weighted by atomic mass is 10.1. The van der Waals surface area contributed by atoms with Crippen molar-refractivity contribution in [3.63, 3.8) is 0 Å². The van der Waals surface area contributed by atoms with Gasteiger partial charge < -0.3 is 10.2 Å². The SMILES string of the molecule is CC[C@@H](C(=O)NC)N(Cc1ccccc1C)C(=O)CN(c1cccc(Br)c1)S(=O)(=O)c1ccc(C)cc1. The number of nitrogens with one attached hydrogen (secondary N) is 1. The van der Waals surface area contributed by atoms with Crippen LogP contribution in [0.3, 0.4) is 0 Å². The molecule has 1 atom stereocenters. The Kier molecular flexibility index (Phi) is 9.50. The van der Waals surface area contributed by atoms with Crippen LogP contribution in [0.5, 0.6) is 0 Å². The quantitative estimate of drug-likeness (QED) is 0.370. The first-order valence-corrected chi connectivity index (χ1v) is 14.2. The zero-order valence-electron chi connectivity index (χ0n) is 21.4. The summed E-state index contributed by atoms with van der Waals surface area (Å²) in [6, 6.07) is 20.2. The number of hydrogen-bond donors (Lipinski definition) is 1. The topological polar surface area (TPSA) is 86.8 Å². The van der Waals surface area contributed by atoms with Crippen molar-refractivity contribution in [2.75, 3.05) is 17.9 Å². The standard InChI is InChI=1S/C28H32BrN3O4S/c1-5-26(28(34)30-4)31(18-22-10-7-6-9-21(22)3)27(33)19-32(24-12-8-11-23(29)17-24)37(35,36)25-15-13-20(2)14-16-25/h6-17,26H,5,18-19H2,1-4H3,(H,30,34)/t26-/m0/s1. The van der Waals surface area contributed by atoms with E-state index >= 15 is 0 Å². The molecule has 196 valence electrons. The summed E-state index contributed by atoms with van der Waals surface area (Å²) in [7, 11) is -2.57. The predicted octanol–water partition coefficient (Wildman–Crippen LogP) is 4.81. The summed E-state index contributed by atoms with van der Waals surface area (Å²) in [6.07, 6.45) is 0.374. The second-order valence-electron chi connectivity index (χ2n) is 8.79. The number of benzene rings is 3. The molecule has 0 spiro atoms. The van der Waals surface area contributed by atoms with Crippen molar-refractivity contribution in [2.45, 2.75) is 44.7 Å². The molecule has 1 N–H and O–H groups in total. The van der Waals surface area contributed by atoms with E-state index in [0.717, 1.165) is 21.0 Å². The molecule has 3 aromatic rings. The highest BCUT2D eigenvalue weighted by molar-refractivity contribution is 9.10. The van der Waals surface area contributed by atoms with Crippen LogP contribution < -0.4 is 9.62 Å². The van der Waals surface area contributed by atoms with Crippen molar-refractivity contribution in [1.82, 2.24) is 10.2 Å². The zero-order chi connectivity index (χ0) is 27.2. The summed E-state index contributed by atoms with van der Waals surface area (Å²) < 4.78 is 29.4. The first-order chi connectivity index (χ1) is 17.6. The van der Waals surface area contributed by atoms with Crippen LogP contribution in [0.25, 0.3) is 0 Å². The van der Waals surface area contributed by atoms with Crippen LogP contribution in [-0.4, -0.2) is 44.8 Å². The Morgan fingerprint density at radius 2 is 1.65 bits per heavy atom.